The Morgan fingerprint density at radius 1 is 1.20 bits per heavy atom. The summed E-state index contributed by atoms with van der Waals surface area (Å²) in [5.41, 5.74) is 0.417. The first kappa shape index (κ1) is 25.0. The summed E-state index contributed by atoms with van der Waals surface area (Å²) in [7, 11) is -4.21. The van der Waals surface area contributed by atoms with Gasteiger partial charge in [-0.3, -0.25) is 0 Å². The fraction of sp³-hybridized carbons (Fsp3) is 0.455. The Morgan fingerprint density at radius 3 is 1.85 bits per heavy atom. The maximum absolute atomic E-state index is 10.7. The van der Waals surface area contributed by atoms with Crippen LogP contribution < -0.4 is 51.4 Å². The van der Waals surface area contributed by atoms with Crippen LogP contribution in [0.1, 0.15) is 20.3 Å². The monoisotopic (exact) mass is 332 g/mol. The van der Waals surface area contributed by atoms with Crippen LogP contribution in [0.15, 0.2) is 24.3 Å². The van der Waals surface area contributed by atoms with Crippen molar-refractivity contribution < 1.29 is 83.8 Å². The quantitative estimate of drug-likeness (QED) is 0.191. The smallest absolute Gasteiger partial charge is 0.748 e. The molecule has 0 aromatic rings. The van der Waals surface area contributed by atoms with Crippen LogP contribution >= 0.6 is 0 Å². The zero-order valence-corrected chi connectivity index (χ0v) is 15.8. The molecule has 0 aromatic heterocycles. The second kappa shape index (κ2) is 12.7. The van der Waals surface area contributed by atoms with E-state index in [1.54, 1.807) is 0 Å². The summed E-state index contributed by atoms with van der Waals surface area (Å²) >= 11 is 0. The molecule has 0 amide bonds. The number of rotatable bonds is 6. The molecule has 20 heavy (non-hydrogen) atoms. The molecular formula is C11H17KO7S. The third kappa shape index (κ3) is 20.3. The summed E-state index contributed by atoms with van der Waals surface area (Å²) in [5.74, 6) is -2.03. The summed E-state index contributed by atoms with van der Waals surface area (Å²) in [6.07, 6.45) is 0.0187. The molecule has 0 heterocycles. The third-order valence-electron chi connectivity index (χ3n) is 1.49. The number of carbonyl (C=O) groups excluding carboxylic acids is 1. The second-order valence-electron chi connectivity index (χ2n) is 3.62. The van der Waals surface area contributed by atoms with E-state index in [1.165, 1.54) is 13.8 Å². The molecule has 0 spiro atoms. The number of hydrogen-bond donors (Lipinski definition) is 1. The maximum Gasteiger partial charge on any atom is 1.00 e. The maximum atomic E-state index is 10.7. The van der Waals surface area contributed by atoms with Gasteiger partial charge in [-0.2, -0.15) is 0 Å². The van der Waals surface area contributed by atoms with E-state index in [2.05, 4.69) is 17.9 Å². The van der Waals surface area contributed by atoms with Crippen LogP contribution in [0.2, 0.25) is 0 Å². The Bertz CT molecular complexity index is 441. The Hall–Kier alpha value is -0.0336. The van der Waals surface area contributed by atoms with Crippen LogP contribution in [0.4, 0.5) is 0 Å². The first-order chi connectivity index (χ1) is 8.47. The van der Waals surface area contributed by atoms with Gasteiger partial charge >= 0.3 is 63.3 Å². The minimum Gasteiger partial charge on any atom is -0.748 e. The standard InChI is InChI=1S/C7H12O5S.C4H6O2.K/c1-6(2)7(8)12-4-3-5-13(9,10)11;1-3(2)4(5)6;/h1,3-5H2,2H3,(H,9,10,11);1H2,2H3,(H,5,6);/q;;+1/p-1. The predicted octanol–water partition coefficient (Wildman–Crippen LogP) is -2.31. The van der Waals surface area contributed by atoms with Crippen LogP contribution in [0.5, 0.6) is 0 Å². The molecule has 0 fully saturated rings. The van der Waals surface area contributed by atoms with Crippen molar-refractivity contribution in [1.29, 1.82) is 0 Å². The molecular weight excluding hydrogens is 315 g/mol. The van der Waals surface area contributed by atoms with Crippen molar-refractivity contribution in [2.45, 2.75) is 20.3 Å². The Labute approximate surface area is 161 Å². The Balaban J connectivity index is -0.000000352. The molecule has 0 aliphatic rings. The minimum atomic E-state index is -4.21. The predicted molar refractivity (Wildman–Crippen MR) is 67.4 cm³/mol. The fourth-order valence-electron chi connectivity index (χ4n) is 0.524. The molecule has 0 bridgehead atoms. The van der Waals surface area contributed by atoms with Crippen LogP contribution in [0.25, 0.3) is 0 Å². The zero-order chi connectivity index (χ0) is 15.6. The SMILES string of the molecule is C=C(C)C(=O)O.C=C(C)C(=O)OCCCS(=O)(=O)[O-].[K+]. The van der Waals surface area contributed by atoms with Gasteiger partial charge in [0.05, 0.1) is 16.7 Å². The minimum absolute atomic E-state index is 0. The van der Waals surface area contributed by atoms with E-state index in [9.17, 15) is 22.6 Å². The summed E-state index contributed by atoms with van der Waals surface area (Å²) in [6, 6.07) is 0. The average molecular weight is 332 g/mol. The molecule has 0 saturated carbocycles. The molecule has 0 aliphatic carbocycles. The van der Waals surface area contributed by atoms with Crippen molar-refractivity contribution in [3.05, 3.63) is 24.3 Å². The van der Waals surface area contributed by atoms with Gasteiger partial charge in [-0.1, -0.05) is 13.2 Å². The Kier molecular flexibility index (Phi) is 15.8. The van der Waals surface area contributed by atoms with Crippen LogP contribution in [-0.2, 0) is 24.4 Å². The van der Waals surface area contributed by atoms with Crippen LogP contribution in [0.3, 0.4) is 0 Å². The molecule has 0 aliphatic heterocycles. The van der Waals surface area contributed by atoms with E-state index in [0.717, 1.165) is 0 Å². The number of carboxylic acids is 1. The number of carbonyl (C=O) groups is 2. The van der Waals surface area contributed by atoms with Gasteiger partial charge < -0.3 is 14.4 Å². The fourth-order valence-corrected chi connectivity index (χ4v) is 0.995. The topological polar surface area (TPSA) is 121 Å². The Morgan fingerprint density at radius 2 is 1.60 bits per heavy atom. The van der Waals surface area contributed by atoms with Crippen LogP contribution in [0, 0.1) is 0 Å². The van der Waals surface area contributed by atoms with Gasteiger partial charge in [0.1, 0.15) is 0 Å². The normalized spacial score (nSPS) is 9.35. The molecule has 0 unspecified atom stereocenters. The van der Waals surface area contributed by atoms with Gasteiger partial charge in [0, 0.05) is 16.9 Å². The van der Waals surface area contributed by atoms with Gasteiger partial charge in [0.2, 0.25) is 0 Å². The molecule has 110 valence electrons. The van der Waals surface area contributed by atoms with Crippen molar-refractivity contribution in [2.75, 3.05) is 12.4 Å². The van der Waals surface area contributed by atoms with Crippen molar-refractivity contribution in [1.82, 2.24) is 0 Å². The van der Waals surface area contributed by atoms with Gasteiger partial charge in [-0.25, -0.2) is 18.0 Å². The van der Waals surface area contributed by atoms with Gasteiger partial charge in [-0.05, 0) is 20.3 Å². The molecule has 0 aromatic carbocycles. The van der Waals surface area contributed by atoms with E-state index in [-0.39, 0.29) is 75.6 Å². The molecule has 0 radical (unpaired) electrons. The van der Waals surface area contributed by atoms with E-state index in [4.69, 9.17) is 5.11 Å². The summed E-state index contributed by atoms with van der Waals surface area (Å²) in [5, 5.41) is 7.89. The second-order valence-corrected chi connectivity index (χ2v) is 5.14. The van der Waals surface area contributed by atoms with E-state index in [1.807, 2.05) is 0 Å². The van der Waals surface area contributed by atoms with E-state index in [0.29, 0.717) is 0 Å². The molecule has 0 atom stereocenters. The van der Waals surface area contributed by atoms with Gasteiger partial charge in [0.25, 0.3) is 0 Å². The molecule has 0 saturated heterocycles. The van der Waals surface area contributed by atoms with Gasteiger partial charge in [0.15, 0.2) is 0 Å². The van der Waals surface area contributed by atoms with Crippen molar-refractivity contribution >= 4 is 22.1 Å². The number of aliphatic carboxylic acids is 1. The van der Waals surface area contributed by atoms with Gasteiger partial charge in [-0.15, -0.1) is 0 Å². The summed E-state index contributed by atoms with van der Waals surface area (Å²) in [4.78, 5) is 20.3. The number of hydrogen-bond acceptors (Lipinski definition) is 6. The van der Waals surface area contributed by atoms with E-state index >= 15 is 0 Å². The molecule has 9 heteroatoms. The zero-order valence-electron chi connectivity index (χ0n) is 11.8. The summed E-state index contributed by atoms with van der Waals surface area (Å²) < 4.78 is 34.8. The first-order valence-corrected chi connectivity index (χ1v) is 6.70. The van der Waals surface area contributed by atoms with Crippen molar-refractivity contribution in [3.63, 3.8) is 0 Å². The molecule has 0 rings (SSSR count). The van der Waals surface area contributed by atoms with Crippen LogP contribution in [-0.4, -0.2) is 42.4 Å². The largest absolute Gasteiger partial charge is 1.00 e. The third-order valence-corrected chi connectivity index (χ3v) is 2.27. The first-order valence-electron chi connectivity index (χ1n) is 5.12. The number of carboxylic acid groups (broad SMARTS) is 1. The average Bonchev–Trinajstić information content (AvgIpc) is 2.23. The number of ether oxygens (including phenoxy) is 1. The molecule has 1 N–H and O–H groups in total. The number of esters is 1. The summed E-state index contributed by atoms with van der Waals surface area (Å²) in [6.45, 7) is 9.33. The molecule has 7 nitrogen and oxygen atoms in total. The van der Waals surface area contributed by atoms with E-state index < -0.39 is 27.8 Å². The van der Waals surface area contributed by atoms with Crippen molar-refractivity contribution in [3.8, 4) is 0 Å². The van der Waals surface area contributed by atoms with Crippen molar-refractivity contribution in [2.24, 2.45) is 0 Å².